The Morgan fingerprint density at radius 2 is 1.83 bits per heavy atom. The average Bonchev–Trinajstić information content (AvgIpc) is 2.86. The minimum atomic E-state index is -0.128. The van der Waals surface area contributed by atoms with Crippen LogP contribution in [0.4, 0.5) is 0 Å². The third-order valence-corrected chi connectivity index (χ3v) is 4.86. The van der Waals surface area contributed by atoms with Crippen molar-refractivity contribution in [1.29, 1.82) is 0 Å². The lowest BCUT2D eigenvalue weighted by molar-refractivity contribution is -0.126. The van der Waals surface area contributed by atoms with Crippen molar-refractivity contribution in [2.24, 2.45) is 0 Å². The van der Waals surface area contributed by atoms with Crippen LogP contribution in [0, 0.1) is 0 Å². The first-order valence-electron chi connectivity index (χ1n) is 7.50. The third-order valence-electron chi connectivity index (χ3n) is 3.78. The second-order valence-corrected chi connectivity index (χ2v) is 6.68. The van der Waals surface area contributed by atoms with Gasteiger partial charge in [-0.2, -0.15) is 0 Å². The number of benzene rings is 2. The molecule has 0 aliphatic carbocycles. The van der Waals surface area contributed by atoms with E-state index in [9.17, 15) is 9.59 Å². The second-order valence-electron chi connectivity index (χ2n) is 5.56. The lowest BCUT2D eigenvalue weighted by Crippen LogP contribution is -2.36. The van der Waals surface area contributed by atoms with E-state index < -0.39 is 0 Å². The summed E-state index contributed by atoms with van der Waals surface area (Å²) in [6, 6.07) is 17.4. The average molecular weight is 326 g/mol. The molecular weight excluding hydrogens is 308 g/mol. The third kappa shape index (κ3) is 3.74. The molecule has 2 amide bonds. The van der Waals surface area contributed by atoms with Gasteiger partial charge in [0.15, 0.2) is 0 Å². The van der Waals surface area contributed by atoms with Crippen LogP contribution in [-0.2, 0) is 4.79 Å². The molecule has 118 valence electrons. The summed E-state index contributed by atoms with van der Waals surface area (Å²) in [6.45, 7) is 0.568. The monoisotopic (exact) mass is 326 g/mol. The van der Waals surface area contributed by atoms with Gasteiger partial charge in [0, 0.05) is 29.8 Å². The van der Waals surface area contributed by atoms with Crippen LogP contribution in [0.3, 0.4) is 0 Å². The molecular formula is C18H18N2O2S. The maximum Gasteiger partial charge on any atom is 0.252 e. The fourth-order valence-corrected chi connectivity index (χ4v) is 3.55. The number of carbonyl (C=O) groups excluding carboxylic acids is 2. The molecule has 1 saturated heterocycles. The van der Waals surface area contributed by atoms with Crippen LogP contribution >= 0.6 is 11.8 Å². The van der Waals surface area contributed by atoms with E-state index in [1.54, 1.807) is 23.7 Å². The van der Waals surface area contributed by atoms with Gasteiger partial charge in [0.05, 0.1) is 11.6 Å². The van der Waals surface area contributed by atoms with Crippen molar-refractivity contribution < 1.29 is 9.59 Å². The van der Waals surface area contributed by atoms with Crippen LogP contribution in [0.25, 0.3) is 0 Å². The first-order valence-corrected chi connectivity index (χ1v) is 8.32. The van der Waals surface area contributed by atoms with Gasteiger partial charge < -0.3 is 10.2 Å². The Bertz CT molecular complexity index is 718. The van der Waals surface area contributed by atoms with E-state index in [0.717, 1.165) is 9.79 Å². The van der Waals surface area contributed by atoms with Gasteiger partial charge in [-0.05, 0) is 24.3 Å². The highest BCUT2D eigenvalue weighted by Gasteiger charge is 2.28. The highest BCUT2D eigenvalue weighted by molar-refractivity contribution is 7.99. The van der Waals surface area contributed by atoms with Crippen LogP contribution < -0.4 is 5.32 Å². The summed E-state index contributed by atoms with van der Waals surface area (Å²) in [5, 5.41) is 2.97. The van der Waals surface area contributed by atoms with Crippen molar-refractivity contribution in [2.45, 2.75) is 22.3 Å². The standard InChI is InChI=1S/C18H18N2O2S/c1-20-12-13(11-17(20)21)19-18(22)15-9-5-6-10-16(15)23-14-7-3-2-4-8-14/h2-10,13H,11-12H2,1H3,(H,19,22). The molecule has 2 aromatic carbocycles. The molecule has 1 aliphatic heterocycles. The van der Waals surface area contributed by atoms with E-state index in [0.29, 0.717) is 18.5 Å². The maximum absolute atomic E-state index is 12.6. The van der Waals surface area contributed by atoms with Gasteiger partial charge in [-0.25, -0.2) is 0 Å². The molecule has 1 heterocycles. The molecule has 2 aromatic rings. The highest BCUT2D eigenvalue weighted by Crippen LogP contribution is 2.30. The fourth-order valence-electron chi connectivity index (χ4n) is 2.58. The molecule has 1 N–H and O–H groups in total. The number of likely N-dealkylation sites (tertiary alicyclic amines) is 1. The molecule has 3 rings (SSSR count). The van der Waals surface area contributed by atoms with Gasteiger partial charge in [0.2, 0.25) is 5.91 Å². The summed E-state index contributed by atoms with van der Waals surface area (Å²) in [6.07, 6.45) is 0.371. The number of nitrogens with zero attached hydrogens (tertiary/aromatic N) is 1. The Hall–Kier alpha value is -2.27. The maximum atomic E-state index is 12.6. The van der Waals surface area contributed by atoms with Gasteiger partial charge in [-0.3, -0.25) is 9.59 Å². The van der Waals surface area contributed by atoms with E-state index in [1.165, 1.54) is 0 Å². The normalized spacial score (nSPS) is 17.3. The minimum Gasteiger partial charge on any atom is -0.347 e. The number of hydrogen-bond donors (Lipinski definition) is 1. The van der Waals surface area contributed by atoms with Crippen molar-refractivity contribution in [3.63, 3.8) is 0 Å². The zero-order valence-electron chi connectivity index (χ0n) is 12.9. The predicted octanol–water partition coefficient (Wildman–Crippen LogP) is 2.80. The molecule has 5 heteroatoms. The molecule has 23 heavy (non-hydrogen) atoms. The lowest BCUT2D eigenvalue weighted by Gasteiger charge is -2.14. The minimum absolute atomic E-state index is 0.0715. The zero-order chi connectivity index (χ0) is 16.2. The van der Waals surface area contributed by atoms with Gasteiger partial charge in [0.1, 0.15) is 0 Å². The van der Waals surface area contributed by atoms with Gasteiger partial charge in [-0.1, -0.05) is 42.1 Å². The fraction of sp³-hybridized carbons (Fsp3) is 0.222. The Kier molecular flexibility index (Phi) is 4.67. The Morgan fingerprint density at radius 3 is 2.52 bits per heavy atom. The summed E-state index contributed by atoms with van der Waals surface area (Å²) in [4.78, 5) is 27.8. The van der Waals surface area contributed by atoms with Crippen molar-refractivity contribution >= 4 is 23.6 Å². The van der Waals surface area contributed by atoms with Crippen LogP contribution in [-0.4, -0.2) is 36.3 Å². The summed E-state index contributed by atoms with van der Waals surface area (Å²) in [5.41, 5.74) is 0.642. The number of nitrogens with one attached hydrogen (secondary N) is 1. The van der Waals surface area contributed by atoms with Crippen molar-refractivity contribution in [2.75, 3.05) is 13.6 Å². The SMILES string of the molecule is CN1CC(NC(=O)c2ccccc2Sc2ccccc2)CC1=O. The quantitative estimate of drug-likeness (QED) is 0.940. The van der Waals surface area contributed by atoms with Crippen LogP contribution in [0.1, 0.15) is 16.8 Å². The van der Waals surface area contributed by atoms with Crippen LogP contribution in [0.5, 0.6) is 0 Å². The smallest absolute Gasteiger partial charge is 0.252 e. The summed E-state index contributed by atoms with van der Waals surface area (Å²) in [7, 11) is 1.76. The molecule has 1 fully saturated rings. The van der Waals surface area contributed by atoms with Gasteiger partial charge in [0.25, 0.3) is 5.91 Å². The first-order chi connectivity index (χ1) is 11.1. The van der Waals surface area contributed by atoms with E-state index in [2.05, 4.69) is 5.32 Å². The molecule has 4 nitrogen and oxygen atoms in total. The summed E-state index contributed by atoms with van der Waals surface area (Å²) in [5.74, 6) is -0.0561. The van der Waals surface area contributed by atoms with E-state index in [1.807, 2.05) is 54.6 Å². The highest BCUT2D eigenvalue weighted by atomic mass is 32.2. The Morgan fingerprint density at radius 1 is 1.13 bits per heavy atom. The molecule has 0 saturated carbocycles. The lowest BCUT2D eigenvalue weighted by atomic mass is 10.2. The summed E-state index contributed by atoms with van der Waals surface area (Å²) >= 11 is 1.56. The molecule has 0 radical (unpaired) electrons. The zero-order valence-corrected chi connectivity index (χ0v) is 13.7. The number of carbonyl (C=O) groups is 2. The van der Waals surface area contributed by atoms with E-state index in [4.69, 9.17) is 0 Å². The predicted molar refractivity (Wildman–Crippen MR) is 90.5 cm³/mol. The molecule has 1 atom stereocenters. The van der Waals surface area contributed by atoms with Crippen molar-refractivity contribution in [3.8, 4) is 0 Å². The number of rotatable bonds is 4. The summed E-state index contributed by atoms with van der Waals surface area (Å²) < 4.78 is 0. The molecule has 0 aromatic heterocycles. The number of likely N-dealkylation sites (N-methyl/N-ethyl adjacent to an activating group) is 1. The van der Waals surface area contributed by atoms with E-state index >= 15 is 0 Å². The first kappa shape index (κ1) is 15.6. The van der Waals surface area contributed by atoms with Gasteiger partial charge >= 0.3 is 0 Å². The molecule has 1 aliphatic rings. The van der Waals surface area contributed by atoms with E-state index in [-0.39, 0.29) is 17.9 Å². The molecule has 0 bridgehead atoms. The second kappa shape index (κ2) is 6.87. The largest absolute Gasteiger partial charge is 0.347 e. The van der Waals surface area contributed by atoms with Crippen LogP contribution in [0.15, 0.2) is 64.4 Å². The Labute approximate surface area is 139 Å². The Balaban J connectivity index is 1.75. The van der Waals surface area contributed by atoms with Crippen molar-refractivity contribution in [3.05, 3.63) is 60.2 Å². The van der Waals surface area contributed by atoms with Crippen molar-refractivity contribution in [1.82, 2.24) is 10.2 Å². The molecule has 0 spiro atoms. The van der Waals surface area contributed by atoms with Gasteiger partial charge in [-0.15, -0.1) is 0 Å². The van der Waals surface area contributed by atoms with Crippen LogP contribution in [0.2, 0.25) is 0 Å². The topological polar surface area (TPSA) is 49.4 Å². The molecule has 1 unspecified atom stereocenters. The number of hydrogen-bond acceptors (Lipinski definition) is 3. The number of amides is 2.